The zero-order valence-electron chi connectivity index (χ0n) is 27.6. The number of nitrogens with zero attached hydrogens (tertiary/aromatic N) is 4. The molecule has 0 saturated carbocycles. The molecule has 1 spiro atoms. The maximum absolute atomic E-state index is 13.1. The van der Waals surface area contributed by atoms with Crippen LogP contribution < -0.4 is 11.1 Å². The number of amides is 1. The number of benzene rings is 1. The van der Waals surface area contributed by atoms with E-state index in [2.05, 4.69) is 69.4 Å². The first-order chi connectivity index (χ1) is 21.7. The number of nitrogens with one attached hydrogen (secondary N) is 1. The van der Waals surface area contributed by atoms with Crippen LogP contribution >= 0.6 is 49.6 Å². The van der Waals surface area contributed by atoms with Gasteiger partial charge in [0.2, 0.25) is 5.91 Å². The molecule has 2 aliphatic heterocycles. The van der Waals surface area contributed by atoms with E-state index in [4.69, 9.17) is 10.5 Å². The molecule has 0 radical (unpaired) electrons. The second kappa shape index (κ2) is 18.4. The lowest BCUT2D eigenvalue weighted by Gasteiger charge is -2.44. The summed E-state index contributed by atoms with van der Waals surface area (Å²) in [6.07, 6.45) is 10.1. The van der Waals surface area contributed by atoms with Gasteiger partial charge < -0.3 is 25.8 Å². The van der Waals surface area contributed by atoms with Crippen molar-refractivity contribution in [2.75, 3.05) is 45.2 Å². The number of rotatable bonds is 11. The van der Waals surface area contributed by atoms with E-state index in [0.29, 0.717) is 43.8 Å². The molecule has 0 bridgehead atoms. The van der Waals surface area contributed by atoms with Crippen molar-refractivity contribution in [3.05, 3.63) is 94.4 Å². The Kier molecular flexibility index (Phi) is 15.9. The highest BCUT2D eigenvalue weighted by Crippen LogP contribution is 2.46. The van der Waals surface area contributed by atoms with E-state index >= 15 is 0 Å². The third-order valence-electron chi connectivity index (χ3n) is 9.77. The summed E-state index contributed by atoms with van der Waals surface area (Å²) in [5, 5.41) is 12.3. The van der Waals surface area contributed by atoms with Crippen molar-refractivity contribution in [1.29, 1.82) is 0 Å². The van der Waals surface area contributed by atoms with Crippen molar-refractivity contribution in [3.8, 4) is 0 Å². The fourth-order valence-corrected chi connectivity index (χ4v) is 7.14. The van der Waals surface area contributed by atoms with Crippen molar-refractivity contribution in [2.24, 2.45) is 5.73 Å². The van der Waals surface area contributed by atoms with Gasteiger partial charge in [-0.05, 0) is 68.0 Å². The molecule has 14 heteroatoms. The van der Waals surface area contributed by atoms with E-state index in [1.165, 1.54) is 11.8 Å². The first-order valence-corrected chi connectivity index (χ1v) is 15.8. The maximum Gasteiger partial charge on any atom is 0.337 e. The van der Waals surface area contributed by atoms with Crippen molar-refractivity contribution in [3.63, 3.8) is 0 Å². The number of aromatic nitrogens is 2. The molecule has 10 nitrogen and oxygen atoms in total. The molecule has 1 aliphatic carbocycles. The number of carbonyl (C=O) groups is 2. The third kappa shape index (κ3) is 9.11. The Bertz CT molecular complexity index is 1600. The minimum absolute atomic E-state index is 0. The second-order valence-corrected chi connectivity index (χ2v) is 12.6. The van der Waals surface area contributed by atoms with Gasteiger partial charge in [-0.1, -0.05) is 42.5 Å². The molecule has 4 N–H and O–H groups in total. The van der Waals surface area contributed by atoms with Gasteiger partial charge in [0, 0.05) is 55.7 Å². The number of likely N-dealkylation sites (N-methyl/N-ethyl adjacent to an activating group) is 1. The number of halogens is 4. The largest absolute Gasteiger partial charge is 0.478 e. The van der Waals surface area contributed by atoms with Gasteiger partial charge >= 0.3 is 5.97 Å². The van der Waals surface area contributed by atoms with Crippen LogP contribution in [0.3, 0.4) is 0 Å². The molecule has 1 saturated heterocycles. The van der Waals surface area contributed by atoms with E-state index in [-0.39, 0.29) is 67.3 Å². The van der Waals surface area contributed by atoms with E-state index < -0.39 is 11.4 Å². The molecule has 1 aromatic carbocycles. The van der Waals surface area contributed by atoms with E-state index in [1.54, 1.807) is 12.3 Å². The first-order valence-electron chi connectivity index (χ1n) is 15.8. The van der Waals surface area contributed by atoms with Crippen LogP contribution in [0.2, 0.25) is 0 Å². The summed E-state index contributed by atoms with van der Waals surface area (Å²) >= 11 is 0. The third-order valence-corrected chi connectivity index (χ3v) is 9.77. The van der Waals surface area contributed by atoms with Crippen molar-refractivity contribution in [1.82, 2.24) is 19.8 Å². The van der Waals surface area contributed by atoms with Crippen LogP contribution in [0.4, 0.5) is 5.82 Å². The maximum atomic E-state index is 13.1. The van der Waals surface area contributed by atoms with Gasteiger partial charge in [-0.15, -0.1) is 49.6 Å². The Morgan fingerprint density at radius 1 is 1.10 bits per heavy atom. The number of carboxylic acids is 1. The highest BCUT2D eigenvalue weighted by atomic mass is 35.5. The summed E-state index contributed by atoms with van der Waals surface area (Å²) in [6, 6.07) is 14.8. The molecule has 2 aromatic heterocycles. The van der Waals surface area contributed by atoms with Crippen LogP contribution in [-0.4, -0.2) is 88.9 Å². The monoisotopic (exact) mass is 754 g/mol. The Morgan fingerprint density at radius 2 is 1.86 bits per heavy atom. The molecular formula is C35H46Cl4N6O4. The van der Waals surface area contributed by atoms with Crippen LogP contribution in [-0.2, 0) is 27.8 Å². The average molecular weight is 757 g/mol. The van der Waals surface area contributed by atoms with Gasteiger partial charge in [-0.2, -0.15) is 0 Å². The molecule has 49 heavy (non-hydrogen) atoms. The van der Waals surface area contributed by atoms with Crippen LogP contribution in [0.5, 0.6) is 0 Å². The van der Waals surface area contributed by atoms with Gasteiger partial charge in [-0.3, -0.25) is 14.7 Å². The number of ether oxygens (including phenoxy) is 1. The smallest absolute Gasteiger partial charge is 0.337 e. The van der Waals surface area contributed by atoms with Crippen LogP contribution in [0.15, 0.2) is 60.9 Å². The number of anilines is 1. The molecule has 3 aromatic rings. The molecule has 4 atom stereocenters. The minimum Gasteiger partial charge on any atom is -0.478 e. The Morgan fingerprint density at radius 3 is 2.59 bits per heavy atom. The fraction of sp³-hybridized carbons (Fsp3) is 0.429. The lowest BCUT2D eigenvalue weighted by Crippen LogP contribution is -2.54. The van der Waals surface area contributed by atoms with Gasteiger partial charge in [-0.25, -0.2) is 9.78 Å². The summed E-state index contributed by atoms with van der Waals surface area (Å²) in [5.41, 5.74) is 10.5. The quantitative estimate of drug-likeness (QED) is 0.221. The second-order valence-electron chi connectivity index (χ2n) is 12.6. The zero-order valence-corrected chi connectivity index (χ0v) is 30.9. The number of hydrogen-bond donors (Lipinski definition) is 3. The number of nitrogens with two attached hydrogens (primary N) is 1. The van der Waals surface area contributed by atoms with Crippen LogP contribution in [0, 0.1) is 0 Å². The number of carboxylic acid groups (broad SMARTS) is 1. The van der Waals surface area contributed by atoms with Crippen molar-refractivity contribution >= 4 is 73.4 Å². The van der Waals surface area contributed by atoms with Crippen molar-refractivity contribution < 1.29 is 19.4 Å². The standard InChI is InChI=1S/C35H42N6O4.4ClH/c1-23-28(25-8-4-3-5-9-25)10-11-31(36)41(23)13-12-40(2)14-16-45-15-6-7-24-17-29-32(38-21-24)39-34(44)35(29)19-26-18-27(33(42)43)22-37-30(26)20-35;;;;/h3-9,17-18,21-23,28,31H,10-16,19-20,36H2,1-2H3,(H,42,43)(H,38,39,44);4*1H/b7-6+;;;;/t23?,28?,31?,35-;;;;/m0..../s1. The van der Waals surface area contributed by atoms with Gasteiger partial charge in [0.05, 0.1) is 30.4 Å². The fourth-order valence-electron chi connectivity index (χ4n) is 7.14. The summed E-state index contributed by atoms with van der Waals surface area (Å²) in [7, 11) is 2.12. The number of fused-ring (bicyclic) bond motifs is 3. The highest BCUT2D eigenvalue weighted by molar-refractivity contribution is 6.06. The topological polar surface area (TPSA) is 134 Å². The molecule has 3 aliphatic rings. The molecule has 3 unspecified atom stereocenters. The van der Waals surface area contributed by atoms with E-state index in [0.717, 1.165) is 54.9 Å². The van der Waals surface area contributed by atoms with Gasteiger partial charge in [0.25, 0.3) is 0 Å². The normalized spacial score (nSPS) is 22.4. The van der Waals surface area contributed by atoms with Gasteiger partial charge in [0.1, 0.15) is 5.82 Å². The van der Waals surface area contributed by atoms with Gasteiger partial charge in [0.15, 0.2) is 0 Å². The number of carbonyl (C=O) groups excluding carboxylic acids is 1. The van der Waals surface area contributed by atoms with E-state index in [1.807, 2.05) is 18.2 Å². The Balaban J connectivity index is 0.00000208. The Labute approximate surface area is 312 Å². The summed E-state index contributed by atoms with van der Waals surface area (Å²) in [4.78, 5) is 38.2. The number of hydrogen-bond acceptors (Lipinski definition) is 8. The first kappa shape index (κ1) is 42.4. The lowest BCUT2D eigenvalue weighted by molar-refractivity contribution is -0.120. The Hall–Kier alpha value is -2.80. The number of aromatic carboxylic acids is 1. The molecule has 6 rings (SSSR count). The predicted molar refractivity (Wildman–Crippen MR) is 202 cm³/mol. The number of piperidine rings is 1. The molecule has 1 amide bonds. The van der Waals surface area contributed by atoms with E-state index in [9.17, 15) is 14.7 Å². The SMILES string of the molecule is CC1C(c2ccccc2)CCC(N)N1CCN(C)CCOC/C=C/c1cnc2c(c1)[C@@]1(Cc3cc(C(=O)O)cnc3C1)C(=O)N2.Cl.Cl.Cl.Cl. The summed E-state index contributed by atoms with van der Waals surface area (Å²) in [6.45, 7) is 6.05. The summed E-state index contributed by atoms with van der Waals surface area (Å²) < 4.78 is 5.90. The number of pyridine rings is 2. The van der Waals surface area contributed by atoms with Crippen molar-refractivity contribution in [2.45, 2.75) is 56.1 Å². The molecule has 4 heterocycles. The lowest BCUT2D eigenvalue weighted by atomic mass is 9.79. The summed E-state index contributed by atoms with van der Waals surface area (Å²) in [5.74, 6) is -0.0907. The van der Waals surface area contributed by atoms with Crippen LogP contribution in [0.1, 0.15) is 64.0 Å². The highest BCUT2D eigenvalue weighted by Gasteiger charge is 2.52. The van der Waals surface area contributed by atoms with Crippen LogP contribution in [0.25, 0.3) is 6.08 Å². The zero-order chi connectivity index (χ0) is 31.6. The predicted octanol–water partition coefficient (Wildman–Crippen LogP) is 5.37. The average Bonchev–Trinajstić information content (AvgIpc) is 3.55. The molecule has 1 fully saturated rings. The minimum atomic E-state index is -1.03. The number of likely N-dealkylation sites (tertiary alicyclic amines) is 1. The molecular weight excluding hydrogens is 710 g/mol. The molecule has 268 valence electrons.